The predicted molar refractivity (Wildman–Crippen MR) is 67.8 cm³/mol. The van der Waals surface area contributed by atoms with Gasteiger partial charge in [0.1, 0.15) is 0 Å². The Morgan fingerprint density at radius 3 is 2.50 bits per heavy atom. The third-order valence-electron chi connectivity index (χ3n) is 2.92. The number of aryl methyl sites for hydroxylation is 1. The number of aromatic nitrogens is 2. The normalized spacial score (nSPS) is 13.3. The molecular weight excluding hydrogens is 269 g/mol. The van der Waals surface area contributed by atoms with Gasteiger partial charge in [-0.25, -0.2) is 9.97 Å². The number of hydrogen-bond donors (Lipinski definition) is 1. The van der Waals surface area contributed by atoms with Gasteiger partial charge in [-0.3, -0.25) is 0 Å². The SMILES string of the molecule is Cc1nc(-c2cccc(C(F)(F)F)c2)ncc1[C@@H](C)O. The van der Waals surface area contributed by atoms with Gasteiger partial charge in [0.05, 0.1) is 11.7 Å². The molecule has 0 aliphatic heterocycles. The van der Waals surface area contributed by atoms with Crippen LogP contribution in [0.1, 0.15) is 29.8 Å². The standard InChI is InChI=1S/C14H13F3N2O/c1-8-12(9(2)20)7-18-13(19-8)10-4-3-5-11(6-10)14(15,16)17/h3-7,9,20H,1-2H3/t9-/m1/s1. The number of aliphatic hydroxyl groups is 1. The lowest BCUT2D eigenvalue weighted by atomic mass is 10.1. The molecule has 1 aromatic heterocycles. The smallest absolute Gasteiger partial charge is 0.389 e. The van der Waals surface area contributed by atoms with E-state index in [1.54, 1.807) is 13.8 Å². The highest BCUT2D eigenvalue weighted by Crippen LogP contribution is 2.31. The maximum Gasteiger partial charge on any atom is 0.416 e. The molecule has 0 saturated carbocycles. The fraction of sp³-hybridized carbons (Fsp3) is 0.286. The van der Waals surface area contributed by atoms with Crippen LogP contribution in [0.15, 0.2) is 30.5 Å². The summed E-state index contributed by atoms with van der Waals surface area (Å²) in [5.41, 5.74) is 0.652. The fourth-order valence-electron chi connectivity index (χ4n) is 1.86. The van der Waals surface area contributed by atoms with Crippen molar-refractivity contribution < 1.29 is 18.3 Å². The number of halogens is 3. The summed E-state index contributed by atoms with van der Waals surface area (Å²) >= 11 is 0. The monoisotopic (exact) mass is 282 g/mol. The van der Waals surface area contributed by atoms with E-state index in [-0.39, 0.29) is 5.82 Å². The molecule has 0 amide bonds. The van der Waals surface area contributed by atoms with Gasteiger partial charge in [0.25, 0.3) is 0 Å². The molecule has 2 rings (SSSR count). The van der Waals surface area contributed by atoms with E-state index in [0.29, 0.717) is 16.8 Å². The Kier molecular flexibility index (Phi) is 3.76. The Labute approximate surface area is 114 Å². The first kappa shape index (κ1) is 14.5. The number of nitrogens with zero attached hydrogens (tertiary/aromatic N) is 2. The fourth-order valence-corrected chi connectivity index (χ4v) is 1.86. The van der Waals surface area contributed by atoms with Gasteiger partial charge in [0, 0.05) is 23.0 Å². The van der Waals surface area contributed by atoms with Gasteiger partial charge in [-0.15, -0.1) is 0 Å². The van der Waals surface area contributed by atoms with Gasteiger partial charge in [-0.2, -0.15) is 13.2 Å². The zero-order valence-electron chi connectivity index (χ0n) is 10.9. The van der Waals surface area contributed by atoms with Gasteiger partial charge in [0.2, 0.25) is 0 Å². The zero-order chi connectivity index (χ0) is 14.9. The van der Waals surface area contributed by atoms with Crippen LogP contribution in [-0.4, -0.2) is 15.1 Å². The molecule has 1 aromatic carbocycles. The van der Waals surface area contributed by atoms with E-state index in [4.69, 9.17) is 0 Å². The summed E-state index contributed by atoms with van der Waals surface area (Å²) in [6.45, 7) is 3.26. The highest BCUT2D eigenvalue weighted by Gasteiger charge is 2.30. The summed E-state index contributed by atoms with van der Waals surface area (Å²) < 4.78 is 38.0. The highest BCUT2D eigenvalue weighted by molar-refractivity contribution is 5.56. The molecule has 0 spiro atoms. The maximum atomic E-state index is 12.7. The summed E-state index contributed by atoms with van der Waals surface area (Å²) in [5.74, 6) is 0.206. The summed E-state index contributed by atoms with van der Waals surface area (Å²) in [4.78, 5) is 8.17. The van der Waals surface area contributed by atoms with Crippen molar-refractivity contribution in [3.8, 4) is 11.4 Å². The molecule has 0 bridgehead atoms. The highest BCUT2D eigenvalue weighted by atomic mass is 19.4. The van der Waals surface area contributed by atoms with E-state index in [9.17, 15) is 18.3 Å². The first-order valence-electron chi connectivity index (χ1n) is 5.98. The molecule has 1 heterocycles. The molecule has 1 atom stereocenters. The minimum atomic E-state index is -4.40. The molecule has 0 fully saturated rings. The van der Waals surface area contributed by atoms with Crippen molar-refractivity contribution >= 4 is 0 Å². The van der Waals surface area contributed by atoms with Gasteiger partial charge in [0.15, 0.2) is 5.82 Å². The predicted octanol–water partition coefficient (Wildman–Crippen LogP) is 3.52. The van der Waals surface area contributed by atoms with Crippen LogP contribution in [-0.2, 0) is 6.18 Å². The van der Waals surface area contributed by atoms with E-state index in [1.807, 2.05) is 0 Å². The summed E-state index contributed by atoms with van der Waals surface area (Å²) in [6.07, 6.45) is -3.68. The number of benzene rings is 1. The third-order valence-corrected chi connectivity index (χ3v) is 2.92. The maximum absolute atomic E-state index is 12.7. The molecule has 1 N–H and O–H groups in total. The lowest BCUT2D eigenvalue weighted by Crippen LogP contribution is -2.05. The van der Waals surface area contributed by atoms with Crippen molar-refractivity contribution in [2.45, 2.75) is 26.1 Å². The van der Waals surface area contributed by atoms with E-state index >= 15 is 0 Å². The Morgan fingerprint density at radius 2 is 1.95 bits per heavy atom. The molecule has 106 valence electrons. The average molecular weight is 282 g/mol. The second-order valence-electron chi connectivity index (χ2n) is 4.49. The molecule has 0 unspecified atom stereocenters. The van der Waals surface area contributed by atoms with Crippen LogP contribution in [0.3, 0.4) is 0 Å². The molecule has 0 aliphatic carbocycles. The summed E-state index contributed by atoms with van der Waals surface area (Å²) in [7, 11) is 0. The van der Waals surface area contributed by atoms with Crippen LogP contribution >= 0.6 is 0 Å². The van der Waals surface area contributed by atoms with Crippen LogP contribution in [0.25, 0.3) is 11.4 Å². The first-order valence-corrected chi connectivity index (χ1v) is 5.98. The minimum Gasteiger partial charge on any atom is -0.389 e. The van der Waals surface area contributed by atoms with Crippen LogP contribution in [0.2, 0.25) is 0 Å². The van der Waals surface area contributed by atoms with Crippen LogP contribution in [0.4, 0.5) is 13.2 Å². The first-order chi connectivity index (χ1) is 9.29. The van der Waals surface area contributed by atoms with Crippen LogP contribution in [0.5, 0.6) is 0 Å². The number of hydrogen-bond acceptors (Lipinski definition) is 3. The van der Waals surface area contributed by atoms with E-state index in [1.165, 1.54) is 18.3 Å². The molecule has 0 saturated heterocycles. The van der Waals surface area contributed by atoms with Crippen molar-refractivity contribution in [3.05, 3.63) is 47.3 Å². The molecule has 3 nitrogen and oxygen atoms in total. The Bertz CT molecular complexity index is 624. The third kappa shape index (κ3) is 2.96. The molecule has 0 radical (unpaired) electrons. The zero-order valence-corrected chi connectivity index (χ0v) is 10.9. The number of alkyl halides is 3. The van der Waals surface area contributed by atoms with E-state index in [0.717, 1.165) is 12.1 Å². The van der Waals surface area contributed by atoms with Gasteiger partial charge >= 0.3 is 6.18 Å². The molecule has 20 heavy (non-hydrogen) atoms. The lowest BCUT2D eigenvalue weighted by molar-refractivity contribution is -0.137. The number of aliphatic hydroxyl groups excluding tert-OH is 1. The quantitative estimate of drug-likeness (QED) is 0.916. The second-order valence-corrected chi connectivity index (χ2v) is 4.49. The van der Waals surface area contributed by atoms with Crippen molar-refractivity contribution in [1.29, 1.82) is 0 Å². The number of rotatable bonds is 2. The van der Waals surface area contributed by atoms with Gasteiger partial charge < -0.3 is 5.11 Å². The van der Waals surface area contributed by atoms with Crippen molar-refractivity contribution in [3.63, 3.8) is 0 Å². The second kappa shape index (κ2) is 5.20. The van der Waals surface area contributed by atoms with Crippen LogP contribution < -0.4 is 0 Å². The summed E-state index contributed by atoms with van der Waals surface area (Å²) in [6, 6.07) is 4.85. The van der Waals surface area contributed by atoms with Crippen molar-refractivity contribution in [2.24, 2.45) is 0 Å². The van der Waals surface area contributed by atoms with Crippen molar-refractivity contribution in [2.75, 3.05) is 0 Å². The average Bonchev–Trinajstić information content (AvgIpc) is 2.37. The largest absolute Gasteiger partial charge is 0.416 e. The van der Waals surface area contributed by atoms with E-state index in [2.05, 4.69) is 9.97 Å². The lowest BCUT2D eigenvalue weighted by Gasteiger charge is -2.11. The Hall–Kier alpha value is -1.95. The Balaban J connectivity index is 2.45. The molecule has 2 aromatic rings. The molecule has 6 heteroatoms. The van der Waals surface area contributed by atoms with Crippen LogP contribution in [0, 0.1) is 6.92 Å². The van der Waals surface area contributed by atoms with E-state index < -0.39 is 17.8 Å². The van der Waals surface area contributed by atoms with Gasteiger partial charge in [-0.1, -0.05) is 12.1 Å². The van der Waals surface area contributed by atoms with Gasteiger partial charge in [-0.05, 0) is 26.0 Å². The molecular formula is C14H13F3N2O. The summed E-state index contributed by atoms with van der Waals surface area (Å²) in [5, 5.41) is 9.49. The molecule has 0 aliphatic rings. The Morgan fingerprint density at radius 1 is 1.25 bits per heavy atom. The minimum absolute atomic E-state index is 0.206. The topological polar surface area (TPSA) is 46.0 Å². The van der Waals surface area contributed by atoms with Crippen molar-refractivity contribution in [1.82, 2.24) is 9.97 Å².